The van der Waals surface area contributed by atoms with Crippen LogP contribution in [-0.2, 0) is 0 Å². The fraction of sp³-hybridized carbons (Fsp3) is 0.615. The zero-order valence-electron chi connectivity index (χ0n) is 11.6. The molecular formula is C13H20N4O2S. The first-order valence-electron chi connectivity index (χ1n) is 7.00. The molecule has 0 aromatic carbocycles. The van der Waals surface area contributed by atoms with Crippen molar-refractivity contribution in [2.45, 2.75) is 45.1 Å². The summed E-state index contributed by atoms with van der Waals surface area (Å²) >= 11 is 1.25. The van der Waals surface area contributed by atoms with E-state index in [9.17, 15) is 9.59 Å². The number of carbonyl (C=O) groups excluding carboxylic acids is 2. The van der Waals surface area contributed by atoms with E-state index in [-0.39, 0.29) is 18.0 Å². The van der Waals surface area contributed by atoms with Crippen molar-refractivity contribution in [3.63, 3.8) is 0 Å². The molecule has 6 nitrogen and oxygen atoms in total. The average Bonchev–Trinajstić information content (AvgIpc) is 2.88. The number of thiazole rings is 1. The van der Waals surface area contributed by atoms with Gasteiger partial charge < -0.3 is 10.6 Å². The molecule has 1 aliphatic carbocycles. The third-order valence-electron chi connectivity index (χ3n) is 3.24. The number of anilines is 1. The van der Waals surface area contributed by atoms with Crippen LogP contribution >= 0.6 is 11.3 Å². The van der Waals surface area contributed by atoms with Crippen LogP contribution in [0.5, 0.6) is 0 Å². The molecule has 7 heteroatoms. The molecule has 1 aromatic rings. The van der Waals surface area contributed by atoms with Gasteiger partial charge in [-0.15, -0.1) is 11.3 Å². The van der Waals surface area contributed by atoms with Crippen LogP contribution in [0, 0.1) is 0 Å². The van der Waals surface area contributed by atoms with Crippen LogP contribution in [0.4, 0.5) is 9.93 Å². The second kappa shape index (κ2) is 7.23. The minimum Gasteiger partial charge on any atom is -0.351 e. The number of nitrogens with one attached hydrogen (secondary N) is 3. The Morgan fingerprint density at radius 1 is 1.35 bits per heavy atom. The highest BCUT2D eigenvalue weighted by Gasteiger charge is 2.17. The highest BCUT2D eigenvalue weighted by Crippen LogP contribution is 2.18. The SMILES string of the molecule is CCNC(=O)c1csc(NC(=O)NC2CCCCC2)n1. The van der Waals surface area contributed by atoms with E-state index in [1.807, 2.05) is 6.92 Å². The topological polar surface area (TPSA) is 83.1 Å². The summed E-state index contributed by atoms with van der Waals surface area (Å²) in [5, 5.41) is 10.4. The smallest absolute Gasteiger partial charge is 0.321 e. The number of rotatable bonds is 4. The molecule has 1 aliphatic rings. The van der Waals surface area contributed by atoms with Gasteiger partial charge in [-0.25, -0.2) is 9.78 Å². The zero-order chi connectivity index (χ0) is 14.4. The lowest BCUT2D eigenvalue weighted by Crippen LogP contribution is -2.39. The Labute approximate surface area is 122 Å². The third-order valence-corrected chi connectivity index (χ3v) is 3.99. The van der Waals surface area contributed by atoms with Crippen LogP contribution in [0.2, 0.25) is 0 Å². The van der Waals surface area contributed by atoms with Crippen molar-refractivity contribution in [3.05, 3.63) is 11.1 Å². The standard InChI is InChI=1S/C13H20N4O2S/c1-2-14-11(18)10-8-20-13(16-10)17-12(19)15-9-6-4-3-5-7-9/h8-9H,2-7H2,1H3,(H,14,18)(H2,15,16,17,19). The van der Waals surface area contributed by atoms with E-state index < -0.39 is 0 Å². The van der Waals surface area contributed by atoms with E-state index >= 15 is 0 Å². The second-order valence-electron chi connectivity index (χ2n) is 4.83. The Balaban J connectivity index is 1.83. The number of hydrogen-bond donors (Lipinski definition) is 3. The van der Waals surface area contributed by atoms with Gasteiger partial charge in [0.25, 0.3) is 5.91 Å². The van der Waals surface area contributed by atoms with Gasteiger partial charge in [0, 0.05) is 18.0 Å². The summed E-state index contributed by atoms with van der Waals surface area (Å²) in [5.74, 6) is -0.218. The number of amides is 3. The maximum Gasteiger partial charge on any atom is 0.321 e. The lowest BCUT2D eigenvalue weighted by molar-refractivity contribution is 0.0951. The highest BCUT2D eigenvalue weighted by atomic mass is 32.1. The van der Waals surface area contributed by atoms with Crippen LogP contribution in [-0.4, -0.2) is 29.5 Å². The molecule has 3 amide bonds. The maximum atomic E-state index is 11.8. The summed E-state index contributed by atoms with van der Waals surface area (Å²) in [5.41, 5.74) is 0.338. The van der Waals surface area contributed by atoms with Crippen molar-refractivity contribution in [2.24, 2.45) is 0 Å². The predicted molar refractivity (Wildman–Crippen MR) is 79.1 cm³/mol. The Kier molecular flexibility index (Phi) is 5.34. The molecule has 1 heterocycles. The van der Waals surface area contributed by atoms with Crippen molar-refractivity contribution in [3.8, 4) is 0 Å². The minimum absolute atomic E-state index is 0.218. The van der Waals surface area contributed by atoms with E-state index in [1.165, 1.54) is 30.6 Å². The summed E-state index contributed by atoms with van der Waals surface area (Å²) in [7, 11) is 0. The maximum absolute atomic E-state index is 11.8. The fourth-order valence-electron chi connectivity index (χ4n) is 2.25. The second-order valence-corrected chi connectivity index (χ2v) is 5.69. The van der Waals surface area contributed by atoms with Gasteiger partial charge in [-0.2, -0.15) is 0 Å². The highest BCUT2D eigenvalue weighted by molar-refractivity contribution is 7.14. The Bertz CT molecular complexity index is 469. The van der Waals surface area contributed by atoms with E-state index in [2.05, 4.69) is 20.9 Å². The van der Waals surface area contributed by atoms with E-state index in [4.69, 9.17) is 0 Å². The fourth-order valence-corrected chi connectivity index (χ4v) is 2.94. The van der Waals surface area contributed by atoms with E-state index in [0.717, 1.165) is 12.8 Å². The lowest BCUT2D eigenvalue weighted by Gasteiger charge is -2.22. The largest absolute Gasteiger partial charge is 0.351 e. The molecule has 0 aliphatic heterocycles. The first-order chi connectivity index (χ1) is 9.69. The molecule has 1 fully saturated rings. The predicted octanol–water partition coefficient (Wildman–Crippen LogP) is 2.35. The van der Waals surface area contributed by atoms with Crippen molar-refractivity contribution in [2.75, 3.05) is 11.9 Å². The quantitative estimate of drug-likeness (QED) is 0.797. The van der Waals surface area contributed by atoms with Crippen LogP contribution in [0.25, 0.3) is 0 Å². The summed E-state index contributed by atoms with van der Waals surface area (Å²) < 4.78 is 0. The van der Waals surface area contributed by atoms with Gasteiger partial charge in [0.1, 0.15) is 5.69 Å². The molecule has 0 bridgehead atoms. The molecule has 0 saturated heterocycles. The molecule has 0 radical (unpaired) electrons. The average molecular weight is 296 g/mol. The molecule has 2 rings (SSSR count). The van der Waals surface area contributed by atoms with Gasteiger partial charge in [-0.3, -0.25) is 10.1 Å². The Morgan fingerprint density at radius 2 is 2.10 bits per heavy atom. The third kappa shape index (κ3) is 4.19. The molecule has 110 valence electrons. The van der Waals surface area contributed by atoms with Crippen molar-refractivity contribution < 1.29 is 9.59 Å². The van der Waals surface area contributed by atoms with Gasteiger partial charge in [0.15, 0.2) is 5.13 Å². The van der Waals surface area contributed by atoms with Gasteiger partial charge in [-0.1, -0.05) is 19.3 Å². The van der Waals surface area contributed by atoms with E-state index in [1.54, 1.807) is 5.38 Å². The number of nitrogens with zero attached hydrogens (tertiary/aromatic N) is 1. The minimum atomic E-state index is -0.242. The number of urea groups is 1. The summed E-state index contributed by atoms with van der Waals surface area (Å²) in [6, 6.07) is 0.0141. The first-order valence-corrected chi connectivity index (χ1v) is 7.88. The summed E-state index contributed by atoms with van der Waals surface area (Å²) in [6.07, 6.45) is 5.67. The summed E-state index contributed by atoms with van der Waals surface area (Å²) in [4.78, 5) is 27.5. The zero-order valence-corrected chi connectivity index (χ0v) is 12.4. The van der Waals surface area contributed by atoms with Crippen molar-refractivity contribution >= 4 is 28.4 Å². The Morgan fingerprint density at radius 3 is 2.80 bits per heavy atom. The Hall–Kier alpha value is -1.63. The van der Waals surface area contributed by atoms with Crippen molar-refractivity contribution in [1.82, 2.24) is 15.6 Å². The van der Waals surface area contributed by atoms with Gasteiger partial charge >= 0.3 is 6.03 Å². The molecule has 1 aromatic heterocycles. The van der Waals surface area contributed by atoms with Crippen molar-refractivity contribution in [1.29, 1.82) is 0 Å². The molecule has 3 N–H and O–H groups in total. The van der Waals surface area contributed by atoms with Crippen LogP contribution in [0.1, 0.15) is 49.5 Å². The molecule has 0 unspecified atom stereocenters. The monoisotopic (exact) mass is 296 g/mol. The normalized spacial score (nSPS) is 15.7. The van der Waals surface area contributed by atoms with Crippen LogP contribution < -0.4 is 16.0 Å². The molecule has 0 atom stereocenters. The van der Waals surface area contributed by atoms with E-state index in [0.29, 0.717) is 17.4 Å². The van der Waals surface area contributed by atoms with Crippen LogP contribution in [0.3, 0.4) is 0 Å². The van der Waals surface area contributed by atoms with Gasteiger partial charge in [0.05, 0.1) is 0 Å². The molecule has 1 saturated carbocycles. The lowest BCUT2D eigenvalue weighted by atomic mass is 9.96. The molecule has 20 heavy (non-hydrogen) atoms. The van der Waals surface area contributed by atoms with Crippen LogP contribution in [0.15, 0.2) is 5.38 Å². The van der Waals surface area contributed by atoms with Gasteiger partial charge in [0.2, 0.25) is 0 Å². The number of aromatic nitrogens is 1. The number of carbonyl (C=O) groups is 2. The molecular weight excluding hydrogens is 276 g/mol. The first kappa shape index (κ1) is 14.8. The molecule has 0 spiro atoms. The van der Waals surface area contributed by atoms with Gasteiger partial charge in [-0.05, 0) is 19.8 Å². The number of hydrogen-bond acceptors (Lipinski definition) is 4. The summed E-state index contributed by atoms with van der Waals surface area (Å²) in [6.45, 7) is 2.41.